The van der Waals surface area contributed by atoms with Gasteiger partial charge in [-0.3, -0.25) is 4.79 Å². The van der Waals surface area contributed by atoms with Crippen molar-refractivity contribution < 1.29 is 13.9 Å². The Morgan fingerprint density at radius 1 is 1.41 bits per heavy atom. The molecule has 0 saturated carbocycles. The maximum atomic E-state index is 12.7. The second kappa shape index (κ2) is 7.32. The van der Waals surface area contributed by atoms with Gasteiger partial charge in [0.2, 0.25) is 0 Å². The van der Waals surface area contributed by atoms with Crippen molar-refractivity contribution in [3.8, 4) is 11.8 Å². The van der Waals surface area contributed by atoms with E-state index >= 15 is 0 Å². The lowest BCUT2D eigenvalue weighted by Gasteiger charge is -2.21. The fraction of sp³-hybridized carbons (Fsp3) is 0.294. The van der Waals surface area contributed by atoms with Gasteiger partial charge < -0.3 is 14.1 Å². The molecule has 1 aromatic heterocycles. The van der Waals surface area contributed by atoms with Crippen LogP contribution in [0, 0.1) is 18.3 Å². The Morgan fingerprint density at radius 2 is 2.23 bits per heavy atom. The van der Waals surface area contributed by atoms with E-state index in [0.717, 1.165) is 5.56 Å². The molecule has 0 saturated heterocycles. The average molecular weight is 298 g/mol. The average Bonchev–Trinajstić information content (AvgIpc) is 3.04. The van der Waals surface area contributed by atoms with Crippen LogP contribution in [0.2, 0.25) is 0 Å². The molecule has 5 heteroatoms. The molecule has 0 aliphatic carbocycles. The molecule has 0 aliphatic heterocycles. The minimum absolute atomic E-state index is 0.148. The highest BCUT2D eigenvalue weighted by molar-refractivity contribution is 5.94. The van der Waals surface area contributed by atoms with Crippen LogP contribution in [0.4, 0.5) is 0 Å². The topological polar surface area (TPSA) is 66.5 Å². The number of nitrogens with zero attached hydrogens (tertiary/aromatic N) is 2. The number of carbonyl (C=O) groups excluding carboxylic acids is 1. The lowest BCUT2D eigenvalue weighted by molar-refractivity contribution is 0.0735. The number of carbonyl (C=O) groups is 1. The first-order valence-corrected chi connectivity index (χ1v) is 6.99. The molecule has 1 heterocycles. The van der Waals surface area contributed by atoms with Crippen LogP contribution in [0.5, 0.6) is 5.75 Å². The van der Waals surface area contributed by atoms with Gasteiger partial charge in [0.05, 0.1) is 32.4 Å². The van der Waals surface area contributed by atoms with Gasteiger partial charge in [0.15, 0.2) is 0 Å². The van der Waals surface area contributed by atoms with Gasteiger partial charge >= 0.3 is 0 Å². The van der Waals surface area contributed by atoms with E-state index in [2.05, 4.69) is 6.07 Å². The van der Waals surface area contributed by atoms with E-state index in [-0.39, 0.29) is 12.3 Å². The van der Waals surface area contributed by atoms with Crippen LogP contribution in [0.15, 0.2) is 41.0 Å². The van der Waals surface area contributed by atoms with Crippen molar-refractivity contribution in [3.05, 3.63) is 53.5 Å². The number of nitriles is 1. The summed E-state index contributed by atoms with van der Waals surface area (Å²) in [7, 11) is 1.58. The van der Waals surface area contributed by atoms with Crippen LogP contribution < -0.4 is 4.74 Å². The van der Waals surface area contributed by atoms with E-state index in [4.69, 9.17) is 14.4 Å². The molecule has 1 amide bonds. The zero-order chi connectivity index (χ0) is 15.9. The molecule has 114 valence electrons. The first-order chi connectivity index (χ1) is 10.7. The van der Waals surface area contributed by atoms with Crippen LogP contribution in [-0.2, 0) is 6.54 Å². The molecule has 0 aliphatic rings. The first kappa shape index (κ1) is 15.6. The fourth-order valence-corrected chi connectivity index (χ4v) is 2.16. The Hall–Kier alpha value is -2.74. The van der Waals surface area contributed by atoms with Gasteiger partial charge in [-0.15, -0.1) is 0 Å². The van der Waals surface area contributed by atoms with Crippen LogP contribution in [0.1, 0.15) is 28.1 Å². The highest BCUT2D eigenvalue weighted by atomic mass is 16.5. The predicted octanol–water partition coefficient (Wildman–Crippen LogP) is 3.15. The van der Waals surface area contributed by atoms with Crippen LogP contribution in [0.3, 0.4) is 0 Å². The van der Waals surface area contributed by atoms with Gasteiger partial charge in [0.25, 0.3) is 5.91 Å². The van der Waals surface area contributed by atoms with Gasteiger partial charge in [-0.2, -0.15) is 5.26 Å². The summed E-state index contributed by atoms with van der Waals surface area (Å²) in [5, 5.41) is 8.78. The largest absolute Gasteiger partial charge is 0.496 e. The Labute approximate surface area is 129 Å². The fourth-order valence-electron chi connectivity index (χ4n) is 2.16. The zero-order valence-corrected chi connectivity index (χ0v) is 12.7. The number of rotatable bonds is 6. The van der Waals surface area contributed by atoms with Gasteiger partial charge in [-0.25, -0.2) is 0 Å². The smallest absolute Gasteiger partial charge is 0.254 e. The SMILES string of the molecule is COc1cc(C(=O)N(CCC#N)Cc2ccco2)ccc1C. The molecule has 2 rings (SSSR count). The number of methoxy groups -OCH3 is 1. The molecular formula is C17H18N2O3. The normalized spacial score (nSPS) is 10.0. The zero-order valence-electron chi connectivity index (χ0n) is 12.7. The van der Waals surface area contributed by atoms with E-state index in [1.165, 1.54) is 0 Å². The highest BCUT2D eigenvalue weighted by Crippen LogP contribution is 2.21. The second-order valence-electron chi connectivity index (χ2n) is 4.90. The minimum Gasteiger partial charge on any atom is -0.496 e. The van der Waals surface area contributed by atoms with Crippen LogP contribution >= 0.6 is 0 Å². The van der Waals surface area contributed by atoms with Crippen molar-refractivity contribution in [2.75, 3.05) is 13.7 Å². The lowest BCUT2D eigenvalue weighted by atomic mass is 10.1. The molecule has 0 N–H and O–H groups in total. The summed E-state index contributed by atoms with van der Waals surface area (Å²) in [5.41, 5.74) is 1.50. The third-order valence-corrected chi connectivity index (χ3v) is 3.36. The third-order valence-electron chi connectivity index (χ3n) is 3.36. The third kappa shape index (κ3) is 3.67. The van der Waals surface area contributed by atoms with Gasteiger partial charge in [0, 0.05) is 12.1 Å². The number of hydrogen-bond donors (Lipinski definition) is 0. The molecule has 0 radical (unpaired) electrons. The van der Waals surface area contributed by atoms with Gasteiger partial charge in [0.1, 0.15) is 11.5 Å². The molecule has 2 aromatic rings. The molecule has 0 spiro atoms. The summed E-state index contributed by atoms with van der Waals surface area (Å²) in [5.74, 6) is 1.21. The van der Waals surface area contributed by atoms with Crippen molar-refractivity contribution in [2.45, 2.75) is 19.9 Å². The summed E-state index contributed by atoms with van der Waals surface area (Å²) in [6.45, 7) is 2.61. The molecule has 0 unspecified atom stereocenters. The van der Waals surface area contributed by atoms with E-state index in [9.17, 15) is 4.79 Å². The minimum atomic E-state index is -0.148. The van der Waals surface area contributed by atoms with Crippen molar-refractivity contribution in [2.24, 2.45) is 0 Å². The molecule has 0 atom stereocenters. The van der Waals surface area contributed by atoms with Crippen molar-refractivity contribution >= 4 is 5.91 Å². The summed E-state index contributed by atoms with van der Waals surface area (Å²) in [4.78, 5) is 14.3. The number of amides is 1. The monoisotopic (exact) mass is 298 g/mol. The maximum Gasteiger partial charge on any atom is 0.254 e. The summed E-state index contributed by atoms with van der Waals surface area (Å²) < 4.78 is 10.6. The Kier molecular flexibility index (Phi) is 5.21. The number of hydrogen-bond acceptors (Lipinski definition) is 4. The maximum absolute atomic E-state index is 12.7. The number of ether oxygens (including phenoxy) is 1. The lowest BCUT2D eigenvalue weighted by Crippen LogP contribution is -2.31. The number of benzene rings is 1. The standard InChI is InChI=1S/C17H18N2O3/c1-13-6-7-14(11-16(13)21-2)17(20)19(9-4-8-18)12-15-5-3-10-22-15/h3,5-7,10-11H,4,9,12H2,1-2H3. The molecule has 5 nitrogen and oxygen atoms in total. The van der Waals surface area contributed by atoms with E-state index in [1.54, 1.807) is 36.5 Å². The molecule has 0 bridgehead atoms. The Bertz CT molecular complexity index is 672. The van der Waals surface area contributed by atoms with Crippen LogP contribution in [-0.4, -0.2) is 24.5 Å². The second-order valence-corrected chi connectivity index (χ2v) is 4.90. The van der Waals surface area contributed by atoms with E-state index < -0.39 is 0 Å². The Balaban J connectivity index is 2.22. The van der Waals surface area contributed by atoms with Crippen molar-refractivity contribution in [1.82, 2.24) is 4.90 Å². The van der Waals surface area contributed by atoms with E-state index in [0.29, 0.717) is 30.2 Å². The van der Waals surface area contributed by atoms with Gasteiger partial charge in [-0.05, 0) is 36.8 Å². The number of aryl methyl sites for hydroxylation is 1. The first-order valence-electron chi connectivity index (χ1n) is 6.99. The molecular weight excluding hydrogens is 280 g/mol. The molecule has 1 aromatic carbocycles. The highest BCUT2D eigenvalue weighted by Gasteiger charge is 2.18. The van der Waals surface area contributed by atoms with Crippen molar-refractivity contribution in [1.29, 1.82) is 5.26 Å². The molecule has 22 heavy (non-hydrogen) atoms. The molecule has 0 fully saturated rings. The Morgan fingerprint density at radius 3 is 2.86 bits per heavy atom. The summed E-state index contributed by atoms with van der Waals surface area (Å²) in [6.07, 6.45) is 1.84. The quantitative estimate of drug-likeness (QED) is 0.821. The summed E-state index contributed by atoms with van der Waals surface area (Å²) in [6, 6.07) is 11.0. The van der Waals surface area contributed by atoms with Crippen molar-refractivity contribution in [3.63, 3.8) is 0 Å². The van der Waals surface area contributed by atoms with Crippen LogP contribution in [0.25, 0.3) is 0 Å². The number of furan rings is 1. The predicted molar refractivity (Wildman–Crippen MR) is 81.4 cm³/mol. The van der Waals surface area contributed by atoms with Gasteiger partial charge in [-0.1, -0.05) is 6.07 Å². The summed E-state index contributed by atoms with van der Waals surface area (Å²) >= 11 is 0. The van der Waals surface area contributed by atoms with E-state index in [1.807, 2.05) is 19.1 Å².